The van der Waals surface area contributed by atoms with Gasteiger partial charge in [-0.05, 0) is 44.2 Å². The Morgan fingerprint density at radius 1 is 1.07 bits per heavy atom. The van der Waals surface area contributed by atoms with Crippen LogP contribution in [0.2, 0.25) is 0 Å². The SMILES string of the molecule is Cc1cccc(C(=O)O[C@@H](C)C(=O)Nc2cccc(S(=O)(=O)N(C)C)c2)c1. The minimum atomic E-state index is -3.62. The van der Waals surface area contributed by atoms with E-state index >= 15 is 0 Å². The van der Waals surface area contributed by atoms with Crippen LogP contribution in [0, 0.1) is 6.92 Å². The molecular weight excluding hydrogens is 368 g/mol. The van der Waals surface area contributed by atoms with Crippen LogP contribution < -0.4 is 5.32 Å². The van der Waals surface area contributed by atoms with Gasteiger partial charge in [0.25, 0.3) is 5.91 Å². The summed E-state index contributed by atoms with van der Waals surface area (Å²) >= 11 is 0. The van der Waals surface area contributed by atoms with Crippen LogP contribution in [0.3, 0.4) is 0 Å². The highest BCUT2D eigenvalue weighted by Crippen LogP contribution is 2.18. The molecule has 0 aliphatic rings. The second kappa shape index (κ2) is 8.32. The van der Waals surface area contributed by atoms with Gasteiger partial charge in [0.15, 0.2) is 6.10 Å². The summed E-state index contributed by atoms with van der Waals surface area (Å²) in [4.78, 5) is 24.5. The van der Waals surface area contributed by atoms with E-state index in [2.05, 4.69) is 5.32 Å². The Bertz CT molecular complexity index is 954. The lowest BCUT2D eigenvalue weighted by atomic mass is 10.1. The van der Waals surface area contributed by atoms with Gasteiger partial charge >= 0.3 is 5.97 Å². The first-order valence-corrected chi connectivity index (χ1v) is 9.66. The molecular formula is C19H22N2O5S. The number of carbonyl (C=O) groups is 2. The average Bonchev–Trinajstić information content (AvgIpc) is 2.61. The number of ether oxygens (including phenoxy) is 1. The van der Waals surface area contributed by atoms with Crippen molar-refractivity contribution in [2.75, 3.05) is 19.4 Å². The van der Waals surface area contributed by atoms with E-state index < -0.39 is 28.0 Å². The fourth-order valence-electron chi connectivity index (χ4n) is 2.24. The lowest BCUT2D eigenvalue weighted by molar-refractivity contribution is -0.123. The largest absolute Gasteiger partial charge is 0.449 e. The van der Waals surface area contributed by atoms with Gasteiger partial charge in [0.05, 0.1) is 10.5 Å². The van der Waals surface area contributed by atoms with Crippen molar-refractivity contribution in [1.29, 1.82) is 0 Å². The van der Waals surface area contributed by atoms with Crippen molar-refractivity contribution in [3.8, 4) is 0 Å². The Hall–Kier alpha value is -2.71. The lowest BCUT2D eigenvalue weighted by Gasteiger charge is -2.15. The number of anilines is 1. The quantitative estimate of drug-likeness (QED) is 0.765. The molecule has 0 aromatic heterocycles. The van der Waals surface area contributed by atoms with Crippen LogP contribution in [0.1, 0.15) is 22.8 Å². The second-order valence-electron chi connectivity index (χ2n) is 6.22. The normalized spacial score (nSPS) is 12.5. The number of nitrogens with one attached hydrogen (secondary N) is 1. The molecule has 0 saturated carbocycles. The van der Waals surface area contributed by atoms with Crippen LogP contribution in [0.4, 0.5) is 5.69 Å². The van der Waals surface area contributed by atoms with Gasteiger partial charge < -0.3 is 10.1 Å². The summed E-state index contributed by atoms with van der Waals surface area (Å²) in [6.07, 6.45) is -1.05. The van der Waals surface area contributed by atoms with E-state index in [9.17, 15) is 18.0 Å². The number of nitrogens with zero attached hydrogens (tertiary/aromatic N) is 1. The Kier molecular flexibility index (Phi) is 6.35. The van der Waals surface area contributed by atoms with Crippen LogP contribution in [0.25, 0.3) is 0 Å². The molecule has 0 radical (unpaired) electrons. The fraction of sp³-hybridized carbons (Fsp3) is 0.263. The van der Waals surface area contributed by atoms with Gasteiger partial charge in [-0.3, -0.25) is 4.79 Å². The third-order valence-electron chi connectivity index (χ3n) is 3.79. The number of aryl methyl sites for hydroxylation is 1. The fourth-order valence-corrected chi connectivity index (χ4v) is 3.19. The number of esters is 1. The number of sulfonamides is 1. The number of carbonyl (C=O) groups excluding carboxylic acids is 2. The summed E-state index contributed by atoms with van der Waals surface area (Å²) in [7, 11) is -0.770. The number of hydrogen-bond donors (Lipinski definition) is 1. The third kappa shape index (κ3) is 5.15. The molecule has 2 aromatic carbocycles. The van der Waals surface area contributed by atoms with Crippen molar-refractivity contribution < 1.29 is 22.7 Å². The molecule has 0 unspecified atom stereocenters. The van der Waals surface area contributed by atoms with Gasteiger partial charge in [0.2, 0.25) is 10.0 Å². The first kappa shape index (κ1) is 20.6. The Labute approximate surface area is 159 Å². The van der Waals surface area contributed by atoms with E-state index in [4.69, 9.17) is 4.74 Å². The second-order valence-corrected chi connectivity index (χ2v) is 8.37. The van der Waals surface area contributed by atoms with Crippen molar-refractivity contribution >= 4 is 27.6 Å². The molecule has 1 atom stereocenters. The third-order valence-corrected chi connectivity index (χ3v) is 5.60. The molecule has 2 rings (SSSR count). The number of rotatable bonds is 6. The van der Waals surface area contributed by atoms with E-state index in [1.165, 1.54) is 39.2 Å². The van der Waals surface area contributed by atoms with Gasteiger partial charge in [0, 0.05) is 19.8 Å². The molecule has 0 bridgehead atoms. The van der Waals surface area contributed by atoms with Gasteiger partial charge in [-0.2, -0.15) is 0 Å². The van der Waals surface area contributed by atoms with Gasteiger partial charge in [-0.25, -0.2) is 17.5 Å². The first-order chi connectivity index (χ1) is 12.6. The average molecular weight is 390 g/mol. The van der Waals surface area contributed by atoms with Crippen molar-refractivity contribution in [2.45, 2.75) is 24.8 Å². The lowest BCUT2D eigenvalue weighted by Crippen LogP contribution is -2.30. The number of amides is 1. The van der Waals surface area contributed by atoms with Crippen LogP contribution in [-0.2, 0) is 19.6 Å². The highest BCUT2D eigenvalue weighted by atomic mass is 32.2. The minimum absolute atomic E-state index is 0.0507. The summed E-state index contributed by atoms with van der Waals surface area (Å²) in [5.41, 5.74) is 1.55. The molecule has 144 valence electrons. The molecule has 0 fully saturated rings. The summed E-state index contributed by atoms with van der Waals surface area (Å²) in [6, 6.07) is 12.7. The van der Waals surface area contributed by atoms with Crippen LogP contribution in [-0.4, -0.2) is 44.8 Å². The van der Waals surface area contributed by atoms with Gasteiger partial charge in [-0.15, -0.1) is 0 Å². The van der Waals surface area contributed by atoms with Crippen LogP contribution in [0.5, 0.6) is 0 Å². The van der Waals surface area contributed by atoms with Crippen molar-refractivity contribution in [3.63, 3.8) is 0 Å². The zero-order chi connectivity index (χ0) is 20.2. The van der Waals surface area contributed by atoms with Crippen LogP contribution in [0.15, 0.2) is 53.4 Å². The highest BCUT2D eigenvalue weighted by molar-refractivity contribution is 7.89. The first-order valence-electron chi connectivity index (χ1n) is 8.22. The van der Waals surface area contributed by atoms with Gasteiger partial charge in [-0.1, -0.05) is 23.8 Å². The van der Waals surface area contributed by atoms with E-state index in [1.807, 2.05) is 13.0 Å². The zero-order valence-corrected chi connectivity index (χ0v) is 16.4. The van der Waals surface area contributed by atoms with E-state index in [-0.39, 0.29) is 4.90 Å². The highest BCUT2D eigenvalue weighted by Gasteiger charge is 2.21. The molecule has 1 amide bonds. The summed E-state index contributed by atoms with van der Waals surface area (Å²) in [6.45, 7) is 3.30. The maximum Gasteiger partial charge on any atom is 0.338 e. The maximum atomic E-state index is 12.3. The monoisotopic (exact) mass is 390 g/mol. The molecule has 0 heterocycles. The summed E-state index contributed by atoms with van der Waals surface area (Å²) in [5, 5.41) is 2.56. The van der Waals surface area contributed by atoms with Crippen molar-refractivity contribution in [1.82, 2.24) is 4.31 Å². The molecule has 1 N–H and O–H groups in total. The topological polar surface area (TPSA) is 92.8 Å². The predicted octanol–water partition coefficient (Wildman–Crippen LogP) is 2.43. The van der Waals surface area contributed by atoms with Crippen LogP contribution >= 0.6 is 0 Å². The maximum absolute atomic E-state index is 12.3. The molecule has 27 heavy (non-hydrogen) atoms. The number of hydrogen-bond acceptors (Lipinski definition) is 5. The zero-order valence-electron chi connectivity index (χ0n) is 15.6. The Morgan fingerprint density at radius 3 is 2.37 bits per heavy atom. The van der Waals surface area contributed by atoms with E-state index in [0.29, 0.717) is 11.3 Å². The molecule has 8 heteroatoms. The van der Waals surface area contributed by atoms with E-state index in [1.54, 1.807) is 24.3 Å². The standard InChI is InChI=1S/C19H22N2O5S/c1-13-7-5-8-15(11-13)19(23)26-14(2)18(22)20-16-9-6-10-17(12-16)27(24,25)21(3)4/h5-12,14H,1-4H3,(H,20,22)/t14-/m0/s1. The summed E-state index contributed by atoms with van der Waals surface area (Å²) in [5.74, 6) is -1.17. The molecule has 0 saturated heterocycles. The Balaban J connectivity index is 2.07. The molecule has 7 nitrogen and oxygen atoms in total. The smallest absolute Gasteiger partial charge is 0.338 e. The predicted molar refractivity (Wildman–Crippen MR) is 102 cm³/mol. The summed E-state index contributed by atoms with van der Waals surface area (Å²) < 4.78 is 30.6. The number of benzene rings is 2. The minimum Gasteiger partial charge on any atom is -0.449 e. The van der Waals surface area contributed by atoms with Crippen molar-refractivity contribution in [2.24, 2.45) is 0 Å². The Morgan fingerprint density at radius 2 is 1.74 bits per heavy atom. The van der Waals surface area contributed by atoms with Crippen molar-refractivity contribution in [3.05, 3.63) is 59.7 Å². The molecule has 0 aliphatic heterocycles. The molecule has 0 aliphatic carbocycles. The molecule has 0 spiro atoms. The van der Waals surface area contributed by atoms with Gasteiger partial charge in [0.1, 0.15) is 0 Å². The van der Waals surface area contributed by atoms with E-state index in [0.717, 1.165) is 9.87 Å². The molecule has 2 aromatic rings.